The highest BCUT2D eigenvalue weighted by Gasteiger charge is 2.15. The van der Waals surface area contributed by atoms with Crippen molar-refractivity contribution in [3.8, 4) is 22.3 Å². The van der Waals surface area contributed by atoms with Crippen molar-refractivity contribution in [1.82, 2.24) is 0 Å². The van der Waals surface area contributed by atoms with Gasteiger partial charge in [0.05, 0.1) is 6.85 Å². The van der Waals surface area contributed by atoms with Gasteiger partial charge < -0.3 is 4.42 Å². The van der Waals surface area contributed by atoms with Gasteiger partial charge in [0, 0.05) is 10.8 Å². The van der Waals surface area contributed by atoms with Crippen LogP contribution in [0.1, 0.15) is 6.85 Å². The second kappa shape index (κ2) is 6.94. The molecule has 7 aromatic carbocycles. The summed E-state index contributed by atoms with van der Waals surface area (Å²) in [4.78, 5) is 0. The van der Waals surface area contributed by atoms with Crippen LogP contribution in [0.3, 0.4) is 0 Å². The molecule has 8 aromatic rings. The highest BCUT2D eigenvalue weighted by Crippen LogP contribution is 2.43. The summed E-state index contributed by atoms with van der Waals surface area (Å²) in [7, 11) is 0. The van der Waals surface area contributed by atoms with E-state index < -0.39 is 0 Å². The van der Waals surface area contributed by atoms with Crippen LogP contribution in [0.25, 0.3) is 76.5 Å². The third-order valence-electron chi connectivity index (χ3n) is 7.12. The Morgan fingerprint density at radius 2 is 1.11 bits per heavy atom. The van der Waals surface area contributed by atoms with Gasteiger partial charge in [-0.25, -0.2) is 0 Å². The molecule has 0 aliphatic carbocycles. The molecule has 0 atom stereocenters. The van der Waals surface area contributed by atoms with E-state index in [0.717, 1.165) is 65.4 Å². The van der Waals surface area contributed by atoms with Crippen LogP contribution < -0.4 is 0 Å². The molecule has 0 saturated carbocycles. The number of fused-ring (bicyclic) bond motifs is 3. The lowest BCUT2D eigenvalue weighted by molar-refractivity contribution is 0.669. The predicted octanol–water partition coefficient (Wildman–Crippen LogP) is 9.82. The lowest BCUT2D eigenvalue weighted by Gasteiger charge is -2.16. The molecule has 0 bridgehead atoms. The lowest BCUT2D eigenvalue weighted by atomic mass is 9.87. The second-order valence-electron chi connectivity index (χ2n) is 8.96. The average Bonchev–Trinajstić information content (AvgIpc) is 3.36. The zero-order valence-electron chi connectivity index (χ0n) is 23.6. The first-order chi connectivity index (χ1) is 19.4. The Kier molecular flexibility index (Phi) is 2.90. The molecule has 0 unspecified atom stereocenters. The van der Waals surface area contributed by atoms with Crippen molar-refractivity contribution in [1.29, 1.82) is 0 Å². The van der Waals surface area contributed by atoms with E-state index in [1.54, 1.807) is 0 Å². The topological polar surface area (TPSA) is 13.1 Å². The fraction of sp³-hybridized carbons (Fsp3) is 0. The van der Waals surface area contributed by atoms with Crippen molar-refractivity contribution in [2.45, 2.75) is 0 Å². The zero-order valence-corrected chi connectivity index (χ0v) is 18.6. The van der Waals surface area contributed by atoms with Gasteiger partial charge in [0.25, 0.3) is 0 Å². The standard InChI is InChI=1S/C34H20O/c1-2-6-21(7-3-1)25-15-12-22-10-11-23-13-16-26(29-18-17-28(25)33(22)34(23)29)24-14-19-32-30(20-24)27-8-4-5-9-31(27)35-32/h1-20H/i1D,2D,3D,6D,7D. The summed E-state index contributed by atoms with van der Waals surface area (Å²) >= 11 is 0. The molecule has 0 N–H and O–H groups in total. The number of hydrogen-bond acceptors (Lipinski definition) is 1. The summed E-state index contributed by atoms with van der Waals surface area (Å²) in [5, 5.41) is 8.36. The Hall–Kier alpha value is -4.62. The van der Waals surface area contributed by atoms with E-state index in [1.807, 2.05) is 42.5 Å². The third-order valence-corrected chi connectivity index (χ3v) is 7.12. The monoisotopic (exact) mass is 449 g/mol. The molecule has 0 spiro atoms. The van der Waals surface area contributed by atoms with E-state index in [9.17, 15) is 0 Å². The third kappa shape index (κ3) is 2.64. The number of rotatable bonds is 2. The van der Waals surface area contributed by atoms with Crippen molar-refractivity contribution in [3.63, 3.8) is 0 Å². The van der Waals surface area contributed by atoms with Gasteiger partial charge in [-0.05, 0) is 72.8 Å². The molecule has 0 aliphatic heterocycles. The van der Waals surface area contributed by atoms with E-state index in [2.05, 4.69) is 48.5 Å². The largest absolute Gasteiger partial charge is 0.456 e. The Morgan fingerprint density at radius 3 is 1.86 bits per heavy atom. The highest BCUT2D eigenvalue weighted by atomic mass is 16.3. The summed E-state index contributed by atoms with van der Waals surface area (Å²) in [6.45, 7) is 0. The van der Waals surface area contributed by atoms with Crippen LogP contribution in [-0.4, -0.2) is 0 Å². The molecule has 0 saturated heterocycles. The fourth-order valence-corrected chi connectivity index (χ4v) is 5.55. The van der Waals surface area contributed by atoms with E-state index in [1.165, 1.54) is 0 Å². The van der Waals surface area contributed by atoms with Crippen LogP contribution in [0.5, 0.6) is 0 Å². The normalized spacial score (nSPS) is 14.0. The van der Waals surface area contributed by atoms with Crippen LogP contribution in [0.4, 0.5) is 0 Å². The van der Waals surface area contributed by atoms with Crippen molar-refractivity contribution >= 4 is 54.3 Å². The molecule has 1 heterocycles. The molecule has 35 heavy (non-hydrogen) atoms. The van der Waals surface area contributed by atoms with Crippen molar-refractivity contribution in [3.05, 3.63) is 121 Å². The molecule has 0 fully saturated rings. The molecule has 0 aliphatic rings. The molecule has 162 valence electrons. The summed E-state index contributed by atoms with van der Waals surface area (Å²) in [6, 6.07) is 29.4. The Labute approximate surface area is 209 Å². The van der Waals surface area contributed by atoms with Crippen molar-refractivity contribution < 1.29 is 11.3 Å². The van der Waals surface area contributed by atoms with E-state index in [-0.39, 0.29) is 35.8 Å². The maximum Gasteiger partial charge on any atom is 0.135 e. The fourth-order valence-electron chi connectivity index (χ4n) is 5.55. The minimum absolute atomic E-state index is 0.192. The van der Waals surface area contributed by atoms with Gasteiger partial charge in [-0.2, -0.15) is 0 Å². The summed E-state index contributed by atoms with van der Waals surface area (Å²) in [5.74, 6) is 0. The first-order valence-corrected chi connectivity index (χ1v) is 11.6. The number of benzene rings is 7. The number of hydrogen-bond donors (Lipinski definition) is 0. The molecular formula is C34H20O. The smallest absolute Gasteiger partial charge is 0.135 e. The van der Waals surface area contributed by atoms with Gasteiger partial charge in [0.1, 0.15) is 11.2 Å². The first kappa shape index (κ1) is 14.6. The second-order valence-corrected chi connectivity index (χ2v) is 8.96. The maximum absolute atomic E-state index is 8.58. The van der Waals surface area contributed by atoms with Gasteiger partial charge in [-0.15, -0.1) is 0 Å². The Bertz CT molecular complexity index is 2300. The van der Waals surface area contributed by atoms with Crippen LogP contribution >= 0.6 is 0 Å². The van der Waals surface area contributed by atoms with Crippen molar-refractivity contribution in [2.24, 2.45) is 0 Å². The van der Waals surface area contributed by atoms with Gasteiger partial charge in [-0.3, -0.25) is 0 Å². The Balaban J connectivity index is 1.44. The van der Waals surface area contributed by atoms with Gasteiger partial charge in [-0.1, -0.05) is 103 Å². The predicted molar refractivity (Wildman–Crippen MR) is 148 cm³/mol. The summed E-state index contributed by atoms with van der Waals surface area (Å²) in [5.41, 5.74) is 4.76. The molecule has 0 amide bonds. The summed E-state index contributed by atoms with van der Waals surface area (Å²) in [6.07, 6.45) is 0. The van der Waals surface area contributed by atoms with Crippen LogP contribution in [0, 0.1) is 0 Å². The van der Waals surface area contributed by atoms with Crippen LogP contribution in [0.2, 0.25) is 0 Å². The highest BCUT2D eigenvalue weighted by molar-refractivity contribution is 6.27. The van der Waals surface area contributed by atoms with Crippen molar-refractivity contribution in [2.75, 3.05) is 0 Å². The quantitative estimate of drug-likeness (QED) is 0.239. The first-order valence-electron chi connectivity index (χ1n) is 14.1. The minimum atomic E-state index is -0.386. The zero-order chi connectivity index (χ0) is 27.3. The van der Waals surface area contributed by atoms with Crippen LogP contribution in [0.15, 0.2) is 126 Å². The molecule has 1 nitrogen and oxygen atoms in total. The SMILES string of the molecule is [2H]c1c([2H])c([2H])c(-c2ccc3ccc4ccc(-c5ccc6oc7ccccc7c6c5)c5ccc2c3c45)c([2H])c1[2H]. The molecular weight excluding hydrogens is 424 g/mol. The number of furan rings is 1. The summed E-state index contributed by atoms with van der Waals surface area (Å²) < 4.78 is 47.6. The molecule has 1 aromatic heterocycles. The number of para-hydroxylation sites is 1. The van der Waals surface area contributed by atoms with E-state index in [0.29, 0.717) is 5.56 Å². The lowest BCUT2D eigenvalue weighted by Crippen LogP contribution is -1.89. The van der Waals surface area contributed by atoms with Gasteiger partial charge in [0.15, 0.2) is 0 Å². The van der Waals surface area contributed by atoms with Gasteiger partial charge in [0.2, 0.25) is 0 Å². The molecule has 0 radical (unpaired) electrons. The maximum atomic E-state index is 8.58. The molecule has 1 heteroatoms. The Morgan fingerprint density at radius 1 is 0.486 bits per heavy atom. The molecule has 8 rings (SSSR count). The van der Waals surface area contributed by atoms with Crippen LogP contribution in [-0.2, 0) is 0 Å². The van der Waals surface area contributed by atoms with E-state index in [4.69, 9.17) is 11.3 Å². The van der Waals surface area contributed by atoms with E-state index >= 15 is 0 Å². The minimum Gasteiger partial charge on any atom is -0.456 e. The van der Waals surface area contributed by atoms with Gasteiger partial charge >= 0.3 is 0 Å². The average molecular weight is 450 g/mol.